The summed E-state index contributed by atoms with van der Waals surface area (Å²) in [6.45, 7) is 2.22. The lowest BCUT2D eigenvalue weighted by Gasteiger charge is -2.29. The molecule has 0 N–H and O–H groups in total. The predicted molar refractivity (Wildman–Crippen MR) is 147 cm³/mol. The molecule has 0 radical (unpaired) electrons. The number of carbonyl (C=O) groups excluding carboxylic acids is 1. The maximum absolute atomic E-state index is 14.9. The first-order valence-electron chi connectivity index (χ1n) is 13.9. The highest BCUT2D eigenvalue weighted by Gasteiger charge is 2.24. The van der Waals surface area contributed by atoms with Gasteiger partial charge in [0.15, 0.2) is 0 Å². The zero-order valence-corrected chi connectivity index (χ0v) is 22.7. The Balaban J connectivity index is 1.39. The summed E-state index contributed by atoms with van der Waals surface area (Å²) in [6.07, 6.45) is 5.16. The van der Waals surface area contributed by atoms with E-state index in [2.05, 4.69) is 19.1 Å². The van der Waals surface area contributed by atoms with Crippen LogP contribution in [0.2, 0.25) is 0 Å². The number of hydrogen-bond donors (Lipinski definition) is 0. The number of benzene rings is 3. The van der Waals surface area contributed by atoms with Gasteiger partial charge in [-0.05, 0) is 72.4 Å². The van der Waals surface area contributed by atoms with Crippen LogP contribution in [0.3, 0.4) is 0 Å². The van der Waals surface area contributed by atoms with E-state index in [0.29, 0.717) is 23.6 Å². The molecule has 0 aliphatic heterocycles. The summed E-state index contributed by atoms with van der Waals surface area (Å²) in [5.74, 6) is -4.09. The zero-order chi connectivity index (χ0) is 29.6. The minimum absolute atomic E-state index is 0.237. The third-order valence-corrected chi connectivity index (χ3v) is 7.67. The van der Waals surface area contributed by atoms with E-state index in [1.807, 2.05) is 12.1 Å². The Hall–Kier alpha value is -3.55. The summed E-state index contributed by atoms with van der Waals surface area (Å²) >= 11 is 0. The van der Waals surface area contributed by atoms with Crippen molar-refractivity contribution >= 4 is 12.0 Å². The number of rotatable bonds is 9. The molecule has 0 heterocycles. The van der Waals surface area contributed by atoms with Crippen LogP contribution >= 0.6 is 0 Å². The van der Waals surface area contributed by atoms with Gasteiger partial charge < -0.3 is 4.74 Å². The summed E-state index contributed by atoms with van der Waals surface area (Å²) < 4.78 is 85.1. The number of esters is 1. The SMILES string of the molecule is CCCCCC1CCC(c2ccc(-c3ccc(C(=O)Oc4cc(F)c(/C=C/C(F)(F)F)c(F)c4)c(F)c3)cc2)CC1. The summed E-state index contributed by atoms with van der Waals surface area (Å²) in [7, 11) is 0. The number of hydrogen-bond acceptors (Lipinski definition) is 2. The van der Waals surface area contributed by atoms with Gasteiger partial charge in [0.2, 0.25) is 0 Å². The first-order chi connectivity index (χ1) is 19.5. The van der Waals surface area contributed by atoms with E-state index in [-0.39, 0.29) is 12.2 Å². The van der Waals surface area contributed by atoms with Gasteiger partial charge in [0.05, 0.1) is 5.56 Å². The lowest BCUT2D eigenvalue weighted by atomic mass is 9.77. The fourth-order valence-electron chi connectivity index (χ4n) is 5.39. The Morgan fingerprint density at radius 3 is 2.07 bits per heavy atom. The second-order valence-electron chi connectivity index (χ2n) is 10.6. The van der Waals surface area contributed by atoms with Crippen molar-refractivity contribution in [3.05, 3.63) is 94.8 Å². The summed E-state index contributed by atoms with van der Waals surface area (Å²) in [5, 5.41) is 0. The Kier molecular flexibility index (Phi) is 9.94. The Bertz CT molecular complexity index is 1350. The van der Waals surface area contributed by atoms with Gasteiger partial charge >= 0.3 is 12.1 Å². The molecule has 0 aromatic heterocycles. The maximum atomic E-state index is 14.9. The van der Waals surface area contributed by atoms with Crippen LogP contribution < -0.4 is 4.74 Å². The lowest BCUT2D eigenvalue weighted by Crippen LogP contribution is -2.13. The van der Waals surface area contributed by atoms with Crippen molar-refractivity contribution in [2.24, 2.45) is 5.92 Å². The molecule has 8 heteroatoms. The van der Waals surface area contributed by atoms with E-state index in [1.165, 1.54) is 69.1 Å². The molecule has 41 heavy (non-hydrogen) atoms. The van der Waals surface area contributed by atoms with Crippen LogP contribution in [-0.2, 0) is 0 Å². The van der Waals surface area contributed by atoms with Crippen LogP contribution in [0.5, 0.6) is 5.75 Å². The van der Waals surface area contributed by atoms with Gasteiger partial charge in [0, 0.05) is 23.8 Å². The molecule has 1 fully saturated rings. The van der Waals surface area contributed by atoms with E-state index in [9.17, 15) is 31.1 Å². The molecular formula is C33H32F6O2. The van der Waals surface area contributed by atoms with Crippen molar-refractivity contribution in [3.63, 3.8) is 0 Å². The molecule has 1 saturated carbocycles. The molecule has 0 spiro atoms. The number of unbranched alkanes of at least 4 members (excludes halogenated alkanes) is 2. The smallest absolute Gasteiger partial charge is 0.409 e. The van der Waals surface area contributed by atoms with Crippen molar-refractivity contribution in [1.29, 1.82) is 0 Å². The first kappa shape index (κ1) is 30.4. The second kappa shape index (κ2) is 13.4. The van der Waals surface area contributed by atoms with Gasteiger partial charge in [-0.1, -0.05) is 62.9 Å². The lowest BCUT2D eigenvalue weighted by molar-refractivity contribution is -0.0790. The Labute approximate surface area is 236 Å². The van der Waals surface area contributed by atoms with E-state index < -0.39 is 46.5 Å². The Morgan fingerprint density at radius 2 is 1.49 bits per heavy atom. The predicted octanol–water partition coefficient (Wildman–Crippen LogP) is 10.4. The standard InChI is InChI=1S/C33H32F6O2/c1-2-3-4-5-21-6-8-22(9-7-21)23-10-12-24(13-11-23)25-14-15-28(29(34)18-25)32(40)41-26-19-30(35)27(31(36)20-26)16-17-33(37,38)39/h10-22H,2-9H2,1H3/b17-16+. The van der Waals surface area contributed by atoms with E-state index in [1.54, 1.807) is 6.07 Å². The van der Waals surface area contributed by atoms with Gasteiger partial charge in [0.1, 0.15) is 23.2 Å². The fraction of sp³-hybridized carbons (Fsp3) is 0.364. The molecule has 0 unspecified atom stereocenters. The van der Waals surface area contributed by atoms with Crippen LogP contribution in [0.4, 0.5) is 26.3 Å². The van der Waals surface area contributed by atoms with Gasteiger partial charge in [0.25, 0.3) is 0 Å². The highest BCUT2D eigenvalue weighted by Crippen LogP contribution is 2.38. The quantitative estimate of drug-likeness (QED) is 0.110. The third kappa shape index (κ3) is 8.24. The number of allylic oxidation sites excluding steroid dienone is 1. The minimum atomic E-state index is -4.76. The van der Waals surface area contributed by atoms with Crippen LogP contribution in [0.25, 0.3) is 17.2 Å². The largest absolute Gasteiger partial charge is 0.423 e. The van der Waals surface area contributed by atoms with Gasteiger partial charge in [-0.3, -0.25) is 0 Å². The topological polar surface area (TPSA) is 26.3 Å². The van der Waals surface area contributed by atoms with Crippen LogP contribution in [-0.4, -0.2) is 12.1 Å². The van der Waals surface area contributed by atoms with E-state index in [0.717, 1.165) is 11.5 Å². The first-order valence-corrected chi connectivity index (χ1v) is 13.9. The average Bonchev–Trinajstić information content (AvgIpc) is 2.92. The van der Waals surface area contributed by atoms with Crippen LogP contribution in [0.15, 0.2) is 60.7 Å². The molecule has 0 bridgehead atoms. The number of carbonyl (C=O) groups is 1. The Morgan fingerprint density at radius 1 is 0.854 bits per heavy atom. The molecule has 0 saturated heterocycles. The molecular weight excluding hydrogens is 542 g/mol. The molecule has 3 aromatic carbocycles. The number of alkyl halides is 3. The number of ether oxygens (including phenoxy) is 1. The number of halogens is 6. The molecule has 4 rings (SSSR count). The van der Waals surface area contributed by atoms with Crippen molar-refractivity contribution in [2.45, 2.75) is 70.4 Å². The zero-order valence-electron chi connectivity index (χ0n) is 22.7. The van der Waals surface area contributed by atoms with Crippen molar-refractivity contribution < 1.29 is 35.9 Å². The second-order valence-corrected chi connectivity index (χ2v) is 10.6. The van der Waals surface area contributed by atoms with Crippen molar-refractivity contribution in [2.75, 3.05) is 0 Å². The van der Waals surface area contributed by atoms with E-state index in [4.69, 9.17) is 4.74 Å². The highest BCUT2D eigenvalue weighted by molar-refractivity contribution is 5.92. The maximum Gasteiger partial charge on any atom is 0.409 e. The molecule has 1 aliphatic rings. The highest BCUT2D eigenvalue weighted by atomic mass is 19.4. The summed E-state index contributed by atoms with van der Waals surface area (Å²) in [6, 6.07) is 13.0. The summed E-state index contributed by atoms with van der Waals surface area (Å²) in [5.41, 5.74) is 1.18. The summed E-state index contributed by atoms with van der Waals surface area (Å²) in [4.78, 5) is 12.5. The van der Waals surface area contributed by atoms with Gasteiger partial charge in [-0.2, -0.15) is 13.2 Å². The monoisotopic (exact) mass is 574 g/mol. The minimum Gasteiger partial charge on any atom is -0.423 e. The third-order valence-electron chi connectivity index (χ3n) is 7.67. The molecule has 1 aliphatic carbocycles. The molecule has 2 nitrogen and oxygen atoms in total. The molecule has 3 aromatic rings. The van der Waals surface area contributed by atoms with Crippen molar-refractivity contribution in [3.8, 4) is 16.9 Å². The fourth-order valence-corrected chi connectivity index (χ4v) is 5.39. The molecule has 218 valence electrons. The normalized spacial score (nSPS) is 17.6. The van der Waals surface area contributed by atoms with Crippen LogP contribution in [0.1, 0.15) is 85.7 Å². The molecule has 0 amide bonds. The molecule has 0 atom stereocenters. The van der Waals surface area contributed by atoms with Crippen LogP contribution in [0, 0.1) is 23.4 Å². The average molecular weight is 575 g/mol. The van der Waals surface area contributed by atoms with E-state index >= 15 is 0 Å². The van der Waals surface area contributed by atoms with Gasteiger partial charge in [-0.25, -0.2) is 18.0 Å². The van der Waals surface area contributed by atoms with Crippen molar-refractivity contribution in [1.82, 2.24) is 0 Å². The van der Waals surface area contributed by atoms with Gasteiger partial charge in [-0.15, -0.1) is 0 Å².